The van der Waals surface area contributed by atoms with Crippen molar-refractivity contribution in [2.75, 3.05) is 19.7 Å². The van der Waals surface area contributed by atoms with Gasteiger partial charge in [-0.3, -0.25) is 9.59 Å². The number of benzene rings is 1. The minimum absolute atomic E-state index is 0.196. The molecule has 0 aliphatic carbocycles. The van der Waals surface area contributed by atoms with Gasteiger partial charge in [0.25, 0.3) is 10.0 Å². The van der Waals surface area contributed by atoms with Crippen LogP contribution in [0.3, 0.4) is 0 Å². The number of ether oxygens (including phenoxy) is 1. The van der Waals surface area contributed by atoms with Gasteiger partial charge in [-0.1, -0.05) is 12.1 Å². The molecule has 2 aliphatic rings. The highest BCUT2D eigenvalue weighted by Gasteiger charge is 2.35. The van der Waals surface area contributed by atoms with E-state index in [-0.39, 0.29) is 17.3 Å². The summed E-state index contributed by atoms with van der Waals surface area (Å²) in [6, 6.07) is 6.67. The standard InChI is InChI=1S/C16H18N2O5S/c1-11(19)10-23-16(20)12-5-4-8-18(9-12)15-13-6-2-3-7-14(13)24(21,22)17-15/h2-3,6-7,12H,4-5,8-10H2,1H3. The van der Waals surface area contributed by atoms with Gasteiger partial charge in [-0.05, 0) is 31.9 Å². The van der Waals surface area contributed by atoms with Crippen molar-refractivity contribution >= 4 is 27.6 Å². The molecule has 2 heterocycles. The lowest BCUT2D eigenvalue weighted by atomic mass is 9.97. The lowest BCUT2D eigenvalue weighted by Gasteiger charge is -2.32. The molecule has 1 saturated heterocycles. The maximum atomic E-state index is 12.2. The molecule has 0 amide bonds. The lowest BCUT2D eigenvalue weighted by molar-refractivity contribution is -0.152. The van der Waals surface area contributed by atoms with Crippen molar-refractivity contribution in [3.05, 3.63) is 29.8 Å². The summed E-state index contributed by atoms with van der Waals surface area (Å²) in [5.41, 5.74) is 0.565. The van der Waals surface area contributed by atoms with Crippen LogP contribution in [-0.4, -0.2) is 50.6 Å². The van der Waals surface area contributed by atoms with Crippen LogP contribution < -0.4 is 0 Å². The number of rotatable bonds is 3. The summed E-state index contributed by atoms with van der Waals surface area (Å²) in [5, 5.41) is 0. The van der Waals surface area contributed by atoms with Gasteiger partial charge < -0.3 is 9.64 Å². The molecule has 0 bridgehead atoms. The molecular formula is C16H18N2O5S. The number of fused-ring (bicyclic) bond motifs is 1. The van der Waals surface area contributed by atoms with Crippen LogP contribution in [0.2, 0.25) is 0 Å². The average Bonchev–Trinajstić information content (AvgIpc) is 2.85. The van der Waals surface area contributed by atoms with E-state index in [0.29, 0.717) is 30.9 Å². The number of hydrogen-bond acceptors (Lipinski definition) is 6. The van der Waals surface area contributed by atoms with Crippen LogP contribution >= 0.6 is 0 Å². The van der Waals surface area contributed by atoms with Gasteiger partial charge in [0.05, 0.1) is 5.92 Å². The highest BCUT2D eigenvalue weighted by molar-refractivity contribution is 7.90. The van der Waals surface area contributed by atoms with Crippen molar-refractivity contribution in [3.8, 4) is 0 Å². The van der Waals surface area contributed by atoms with E-state index in [4.69, 9.17) is 4.74 Å². The molecule has 1 aromatic carbocycles. The number of carbonyl (C=O) groups is 2. The molecule has 2 aliphatic heterocycles. The van der Waals surface area contributed by atoms with Gasteiger partial charge in [0.2, 0.25) is 0 Å². The number of nitrogens with zero attached hydrogens (tertiary/aromatic N) is 2. The molecule has 1 aromatic rings. The summed E-state index contributed by atoms with van der Waals surface area (Å²) in [5.74, 6) is -0.647. The fourth-order valence-electron chi connectivity index (χ4n) is 2.97. The quantitative estimate of drug-likeness (QED) is 0.755. The number of sulfonamides is 1. The molecule has 1 atom stereocenters. The van der Waals surface area contributed by atoms with Crippen LogP contribution in [0.15, 0.2) is 33.6 Å². The number of ketones is 1. The minimum atomic E-state index is -3.68. The van der Waals surface area contributed by atoms with Crippen molar-refractivity contribution in [1.29, 1.82) is 0 Å². The molecular weight excluding hydrogens is 332 g/mol. The van der Waals surface area contributed by atoms with Crippen LogP contribution in [0.25, 0.3) is 0 Å². The van der Waals surface area contributed by atoms with E-state index in [1.807, 2.05) is 4.90 Å². The Labute approximate surface area is 140 Å². The molecule has 0 radical (unpaired) electrons. The highest BCUT2D eigenvalue weighted by Crippen LogP contribution is 2.29. The zero-order chi connectivity index (χ0) is 17.3. The number of piperidine rings is 1. The summed E-state index contributed by atoms with van der Waals surface area (Å²) in [7, 11) is -3.68. The predicted molar refractivity (Wildman–Crippen MR) is 86.1 cm³/mol. The molecule has 7 nitrogen and oxygen atoms in total. The molecule has 0 aromatic heterocycles. The van der Waals surface area contributed by atoms with Gasteiger partial charge in [0.1, 0.15) is 11.5 Å². The average molecular weight is 350 g/mol. The largest absolute Gasteiger partial charge is 0.457 e. The van der Waals surface area contributed by atoms with Gasteiger partial charge in [-0.25, -0.2) is 0 Å². The maximum Gasteiger partial charge on any atom is 0.311 e. The third-order valence-electron chi connectivity index (χ3n) is 4.08. The Bertz CT molecular complexity index is 816. The fraction of sp³-hybridized carbons (Fsp3) is 0.438. The Kier molecular flexibility index (Phi) is 4.40. The number of hydrogen-bond donors (Lipinski definition) is 0. The molecule has 0 spiro atoms. The molecule has 1 unspecified atom stereocenters. The van der Waals surface area contributed by atoms with Crippen LogP contribution in [0.1, 0.15) is 25.3 Å². The normalized spacial score (nSPS) is 21.8. The first-order valence-electron chi connectivity index (χ1n) is 7.74. The Morgan fingerprint density at radius 2 is 2.08 bits per heavy atom. The van der Waals surface area contributed by atoms with Crippen molar-refractivity contribution in [3.63, 3.8) is 0 Å². The first kappa shape index (κ1) is 16.6. The van der Waals surface area contributed by atoms with Crippen molar-refractivity contribution < 1.29 is 22.7 Å². The molecule has 0 saturated carbocycles. The SMILES string of the molecule is CC(=O)COC(=O)C1CCCN(C2=NS(=O)(=O)c3ccccc32)C1. The summed E-state index contributed by atoms with van der Waals surface area (Å²) in [4.78, 5) is 25.0. The van der Waals surface area contributed by atoms with Crippen LogP contribution in [0, 0.1) is 5.92 Å². The third kappa shape index (κ3) is 3.19. The smallest absolute Gasteiger partial charge is 0.311 e. The Morgan fingerprint density at radius 1 is 1.33 bits per heavy atom. The summed E-state index contributed by atoms with van der Waals surface area (Å²) < 4.78 is 33.2. The van der Waals surface area contributed by atoms with E-state index in [1.165, 1.54) is 13.0 Å². The molecule has 3 rings (SSSR count). The fourth-order valence-corrected chi connectivity index (χ4v) is 4.20. The maximum absolute atomic E-state index is 12.2. The predicted octanol–water partition coefficient (Wildman–Crippen LogP) is 0.980. The monoisotopic (exact) mass is 350 g/mol. The van der Waals surface area contributed by atoms with E-state index in [2.05, 4.69) is 4.40 Å². The number of carbonyl (C=O) groups excluding carboxylic acids is 2. The number of esters is 1. The molecule has 128 valence electrons. The summed E-state index contributed by atoms with van der Waals surface area (Å²) >= 11 is 0. The zero-order valence-electron chi connectivity index (χ0n) is 13.3. The summed E-state index contributed by atoms with van der Waals surface area (Å²) in [6.45, 7) is 2.08. The second kappa shape index (κ2) is 6.35. The van der Waals surface area contributed by atoms with E-state index in [1.54, 1.807) is 18.2 Å². The van der Waals surface area contributed by atoms with Gasteiger partial charge in [-0.2, -0.15) is 8.42 Å². The van der Waals surface area contributed by atoms with Gasteiger partial charge in [-0.15, -0.1) is 4.40 Å². The minimum Gasteiger partial charge on any atom is -0.457 e. The van der Waals surface area contributed by atoms with Gasteiger partial charge in [0.15, 0.2) is 11.6 Å². The first-order valence-corrected chi connectivity index (χ1v) is 9.18. The highest BCUT2D eigenvalue weighted by atomic mass is 32.2. The van der Waals surface area contributed by atoms with Crippen LogP contribution in [0.4, 0.5) is 0 Å². The molecule has 8 heteroatoms. The third-order valence-corrected chi connectivity index (χ3v) is 5.41. The topological polar surface area (TPSA) is 93.1 Å². The van der Waals surface area contributed by atoms with Crippen molar-refractivity contribution in [2.45, 2.75) is 24.7 Å². The van der Waals surface area contributed by atoms with Crippen LogP contribution in [-0.2, 0) is 24.3 Å². The van der Waals surface area contributed by atoms with Gasteiger partial charge in [0, 0.05) is 18.7 Å². The Hall–Kier alpha value is -2.22. The zero-order valence-corrected chi connectivity index (χ0v) is 14.1. The first-order chi connectivity index (χ1) is 11.4. The van der Waals surface area contributed by atoms with Gasteiger partial charge >= 0.3 is 5.97 Å². The van der Waals surface area contributed by atoms with E-state index in [0.717, 1.165) is 6.42 Å². The Morgan fingerprint density at radius 3 is 2.83 bits per heavy atom. The number of Topliss-reactive ketones (excluding diaryl/α,β-unsaturated/α-hetero) is 1. The van der Waals surface area contributed by atoms with E-state index >= 15 is 0 Å². The van der Waals surface area contributed by atoms with E-state index < -0.39 is 21.9 Å². The molecule has 24 heavy (non-hydrogen) atoms. The second-order valence-corrected chi connectivity index (χ2v) is 7.55. The van der Waals surface area contributed by atoms with E-state index in [9.17, 15) is 18.0 Å². The molecule has 0 N–H and O–H groups in total. The van der Waals surface area contributed by atoms with Crippen molar-refractivity contribution in [1.82, 2.24) is 4.90 Å². The lowest BCUT2D eigenvalue weighted by Crippen LogP contribution is -2.43. The Balaban J connectivity index is 1.79. The van der Waals surface area contributed by atoms with Crippen molar-refractivity contribution in [2.24, 2.45) is 10.3 Å². The number of amidine groups is 1. The second-order valence-electron chi connectivity index (χ2n) is 5.98. The summed E-state index contributed by atoms with van der Waals surface area (Å²) in [6.07, 6.45) is 1.37. The van der Waals surface area contributed by atoms with Crippen LogP contribution in [0.5, 0.6) is 0 Å². The number of likely N-dealkylation sites (tertiary alicyclic amines) is 1. The molecule has 1 fully saturated rings.